The number of nitrogens with zero attached hydrogens (tertiary/aromatic N) is 2. The third-order valence-electron chi connectivity index (χ3n) is 2.69. The molecule has 1 atom stereocenters. The molecule has 2 N–H and O–H groups in total. The van der Waals surface area contributed by atoms with Crippen LogP contribution in [0.1, 0.15) is 20.8 Å². The molecule has 0 aromatic heterocycles. The average molecular weight is 235 g/mol. The van der Waals surface area contributed by atoms with Gasteiger partial charge in [0.15, 0.2) is 0 Å². The fourth-order valence-electron chi connectivity index (χ4n) is 1.78. The maximum absolute atomic E-state index is 12.0. The molecule has 0 aromatic rings. The van der Waals surface area contributed by atoms with Gasteiger partial charge in [-0.3, -0.25) is 0 Å². The Bertz CT molecular complexity index is 321. The van der Waals surface area contributed by atoms with E-state index in [4.69, 9.17) is 5.73 Å². The van der Waals surface area contributed by atoms with Crippen molar-refractivity contribution in [2.75, 3.05) is 26.7 Å². The molecule has 90 valence electrons. The summed E-state index contributed by atoms with van der Waals surface area (Å²) in [6.45, 7) is 7.26. The summed E-state index contributed by atoms with van der Waals surface area (Å²) in [4.78, 5) is 0. The van der Waals surface area contributed by atoms with Gasteiger partial charge in [-0.15, -0.1) is 0 Å². The third kappa shape index (κ3) is 2.50. The highest BCUT2D eigenvalue weighted by molar-refractivity contribution is 7.86. The molecule has 15 heavy (non-hydrogen) atoms. The molecule has 1 unspecified atom stereocenters. The molecule has 0 spiro atoms. The minimum Gasteiger partial charge on any atom is -0.330 e. The molecule has 0 aliphatic carbocycles. The molecule has 1 fully saturated rings. The van der Waals surface area contributed by atoms with E-state index < -0.39 is 10.2 Å². The van der Waals surface area contributed by atoms with Crippen LogP contribution in [-0.4, -0.2) is 49.2 Å². The Balaban J connectivity index is 3.01. The minimum absolute atomic E-state index is 0.220. The van der Waals surface area contributed by atoms with Gasteiger partial charge in [0.05, 0.1) is 0 Å². The van der Waals surface area contributed by atoms with Gasteiger partial charge in [-0.05, 0) is 33.2 Å². The fourth-order valence-corrected chi connectivity index (χ4v) is 3.61. The molecule has 5 nitrogen and oxygen atoms in total. The standard InChI is InChI=1S/C9H21N3O2S/c1-9(2,3)12-7-8(5-10)6-11(4)15(12,13)14/h8H,5-7,10H2,1-4H3. The Labute approximate surface area is 92.4 Å². The van der Waals surface area contributed by atoms with Crippen LogP contribution >= 0.6 is 0 Å². The van der Waals surface area contributed by atoms with E-state index in [2.05, 4.69) is 0 Å². The van der Waals surface area contributed by atoms with Crippen molar-refractivity contribution >= 4 is 10.2 Å². The molecule has 1 saturated heterocycles. The summed E-state index contributed by atoms with van der Waals surface area (Å²) >= 11 is 0. The Hall–Kier alpha value is -0.170. The van der Waals surface area contributed by atoms with Crippen molar-refractivity contribution in [3.8, 4) is 0 Å². The van der Waals surface area contributed by atoms with E-state index in [9.17, 15) is 8.42 Å². The van der Waals surface area contributed by atoms with Crippen LogP contribution in [0.2, 0.25) is 0 Å². The first-order valence-corrected chi connectivity index (χ1v) is 6.53. The van der Waals surface area contributed by atoms with E-state index in [1.165, 1.54) is 8.61 Å². The van der Waals surface area contributed by atoms with Crippen LogP contribution in [0.5, 0.6) is 0 Å². The Morgan fingerprint density at radius 1 is 1.33 bits per heavy atom. The highest BCUT2D eigenvalue weighted by Gasteiger charge is 2.41. The highest BCUT2D eigenvalue weighted by Crippen LogP contribution is 2.26. The van der Waals surface area contributed by atoms with Crippen molar-refractivity contribution in [3.63, 3.8) is 0 Å². The topological polar surface area (TPSA) is 66.6 Å². The quantitative estimate of drug-likeness (QED) is 0.687. The second-order valence-electron chi connectivity index (χ2n) is 5.09. The lowest BCUT2D eigenvalue weighted by atomic mass is 10.1. The van der Waals surface area contributed by atoms with Gasteiger partial charge in [-0.1, -0.05) is 0 Å². The van der Waals surface area contributed by atoms with Crippen LogP contribution in [0, 0.1) is 5.92 Å². The predicted molar refractivity (Wildman–Crippen MR) is 60.6 cm³/mol. The largest absolute Gasteiger partial charge is 0.330 e. The monoisotopic (exact) mass is 235 g/mol. The minimum atomic E-state index is -3.29. The zero-order chi connectivity index (χ0) is 11.9. The van der Waals surface area contributed by atoms with E-state index in [0.29, 0.717) is 19.6 Å². The zero-order valence-corrected chi connectivity index (χ0v) is 10.7. The Morgan fingerprint density at radius 2 is 1.87 bits per heavy atom. The number of hydrogen-bond donors (Lipinski definition) is 1. The Morgan fingerprint density at radius 3 is 2.27 bits per heavy atom. The number of rotatable bonds is 1. The van der Waals surface area contributed by atoms with E-state index in [-0.39, 0.29) is 11.5 Å². The molecule has 0 saturated carbocycles. The first kappa shape index (κ1) is 12.9. The summed E-state index contributed by atoms with van der Waals surface area (Å²) in [7, 11) is -1.68. The van der Waals surface area contributed by atoms with Gasteiger partial charge in [0, 0.05) is 25.7 Å². The van der Waals surface area contributed by atoms with Crippen molar-refractivity contribution < 1.29 is 8.42 Å². The highest BCUT2D eigenvalue weighted by atomic mass is 32.2. The number of hydrogen-bond acceptors (Lipinski definition) is 3. The molecule has 1 aliphatic rings. The van der Waals surface area contributed by atoms with Crippen molar-refractivity contribution in [1.29, 1.82) is 0 Å². The van der Waals surface area contributed by atoms with Crippen LogP contribution in [0.3, 0.4) is 0 Å². The van der Waals surface area contributed by atoms with Crippen molar-refractivity contribution in [3.05, 3.63) is 0 Å². The molecule has 1 aliphatic heterocycles. The van der Waals surface area contributed by atoms with Crippen molar-refractivity contribution in [2.45, 2.75) is 26.3 Å². The summed E-state index contributed by atoms with van der Waals surface area (Å²) in [5.41, 5.74) is 5.22. The van der Waals surface area contributed by atoms with E-state index in [0.717, 1.165) is 0 Å². The van der Waals surface area contributed by atoms with Crippen LogP contribution in [0.4, 0.5) is 0 Å². The summed E-state index contributed by atoms with van der Waals surface area (Å²) in [5, 5.41) is 0. The lowest BCUT2D eigenvalue weighted by molar-refractivity contribution is 0.166. The second kappa shape index (κ2) is 4.01. The van der Waals surface area contributed by atoms with E-state index >= 15 is 0 Å². The third-order valence-corrected chi connectivity index (χ3v) is 4.88. The lowest BCUT2D eigenvalue weighted by Crippen LogP contribution is -2.59. The average Bonchev–Trinajstić information content (AvgIpc) is 2.07. The van der Waals surface area contributed by atoms with Gasteiger partial charge in [-0.25, -0.2) is 0 Å². The fraction of sp³-hybridized carbons (Fsp3) is 1.00. The van der Waals surface area contributed by atoms with Gasteiger partial charge < -0.3 is 5.73 Å². The smallest absolute Gasteiger partial charge is 0.282 e. The van der Waals surface area contributed by atoms with Gasteiger partial charge in [-0.2, -0.15) is 17.0 Å². The number of nitrogens with two attached hydrogens (primary N) is 1. The van der Waals surface area contributed by atoms with Crippen LogP contribution in [0.15, 0.2) is 0 Å². The maximum atomic E-state index is 12.0. The molecular formula is C9H21N3O2S. The molecule has 1 heterocycles. The molecule has 1 rings (SSSR count). The van der Waals surface area contributed by atoms with Gasteiger partial charge in [0.25, 0.3) is 10.2 Å². The van der Waals surface area contributed by atoms with Crippen LogP contribution < -0.4 is 5.73 Å². The van der Waals surface area contributed by atoms with Crippen LogP contribution in [0.25, 0.3) is 0 Å². The van der Waals surface area contributed by atoms with Crippen LogP contribution in [-0.2, 0) is 10.2 Å². The van der Waals surface area contributed by atoms with E-state index in [1.54, 1.807) is 7.05 Å². The summed E-state index contributed by atoms with van der Waals surface area (Å²) in [5.74, 6) is 0.220. The van der Waals surface area contributed by atoms with Crippen molar-refractivity contribution in [1.82, 2.24) is 8.61 Å². The van der Waals surface area contributed by atoms with Gasteiger partial charge in [0.2, 0.25) is 0 Å². The van der Waals surface area contributed by atoms with E-state index in [1.807, 2.05) is 20.8 Å². The molecule has 0 radical (unpaired) electrons. The molecule has 6 heteroatoms. The SMILES string of the molecule is CN1CC(CN)CN(C(C)(C)C)S1(=O)=O. The first-order valence-electron chi connectivity index (χ1n) is 5.13. The summed E-state index contributed by atoms with van der Waals surface area (Å²) in [6.07, 6.45) is 0. The summed E-state index contributed by atoms with van der Waals surface area (Å²) in [6, 6.07) is 0. The zero-order valence-electron chi connectivity index (χ0n) is 9.90. The van der Waals surface area contributed by atoms with Gasteiger partial charge in [0.1, 0.15) is 0 Å². The second-order valence-corrected chi connectivity index (χ2v) is 7.05. The first-order chi connectivity index (χ1) is 6.69. The molecular weight excluding hydrogens is 214 g/mol. The van der Waals surface area contributed by atoms with Gasteiger partial charge >= 0.3 is 0 Å². The predicted octanol–water partition coefficient (Wildman–Crippen LogP) is -0.148. The molecule has 0 amide bonds. The summed E-state index contributed by atoms with van der Waals surface area (Å²) < 4.78 is 27.0. The Kier molecular flexibility index (Phi) is 3.45. The molecule has 0 aromatic carbocycles. The maximum Gasteiger partial charge on any atom is 0.282 e. The molecule has 0 bridgehead atoms. The lowest BCUT2D eigenvalue weighted by Gasteiger charge is -2.43. The normalized spacial score (nSPS) is 29.3. The van der Waals surface area contributed by atoms with Crippen molar-refractivity contribution in [2.24, 2.45) is 11.7 Å².